The average Bonchev–Trinajstić information content (AvgIpc) is 2.36. The van der Waals surface area contributed by atoms with Crippen molar-refractivity contribution in [3.05, 3.63) is 29.6 Å². The van der Waals surface area contributed by atoms with Crippen LogP contribution in [0.15, 0.2) is 23.1 Å². The Morgan fingerprint density at radius 1 is 1.29 bits per heavy atom. The van der Waals surface area contributed by atoms with Crippen molar-refractivity contribution < 1.29 is 17.5 Å². The molecule has 1 atom stereocenters. The van der Waals surface area contributed by atoms with Crippen molar-refractivity contribution in [2.45, 2.75) is 44.3 Å². The quantitative estimate of drug-likeness (QED) is 0.764. The molecule has 0 bridgehead atoms. The lowest BCUT2D eigenvalue weighted by Gasteiger charge is -2.14. The number of ether oxygens (including phenoxy) is 1. The molecule has 0 spiro atoms. The maximum atomic E-state index is 13.7. The Kier molecular flexibility index (Phi) is 6.73. The summed E-state index contributed by atoms with van der Waals surface area (Å²) in [6.07, 6.45) is 0. The molecule has 0 heterocycles. The molecule has 120 valence electrons. The number of sulfonamides is 1. The maximum absolute atomic E-state index is 13.7. The van der Waals surface area contributed by atoms with E-state index in [0.29, 0.717) is 5.56 Å². The van der Waals surface area contributed by atoms with E-state index in [2.05, 4.69) is 10.0 Å². The fraction of sp³-hybridized carbons (Fsp3) is 0.571. The summed E-state index contributed by atoms with van der Waals surface area (Å²) in [4.78, 5) is 0.0485. The maximum Gasteiger partial charge on any atom is 0.240 e. The van der Waals surface area contributed by atoms with E-state index < -0.39 is 15.8 Å². The Morgan fingerprint density at radius 2 is 1.95 bits per heavy atom. The molecule has 21 heavy (non-hydrogen) atoms. The van der Waals surface area contributed by atoms with Gasteiger partial charge in [0.2, 0.25) is 10.0 Å². The first-order chi connectivity index (χ1) is 9.76. The second-order valence-corrected chi connectivity index (χ2v) is 6.98. The Balaban J connectivity index is 2.94. The zero-order valence-electron chi connectivity index (χ0n) is 12.8. The van der Waals surface area contributed by atoms with Crippen LogP contribution >= 0.6 is 0 Å². The molecule has 1 aromatic carbocycles. The zero-order valence-corrected chi connectivity index (χ0v) is 13.6. The van der Waals surface area contributed by atoms with Gasteiger partial charge in [-0.25, -0.2) is 17.5 Å². The van der Waals surface area contributed by atoms with Crippen LogP contribution in [0.3, 0.4) is 0 Å². The third kappa shape index (κ3) is 5.70. The van der Waals surface area contributed by atoms with Crippen LogP contribution in [-0.4, -0.2) is 34.2 Å². The molecular weight excluding hydrogens is 295 g/mol. The van der Waals surface area contributed by atoms with Crippen LogP contribution in [0.4, 0.5) is 4.39 Å². The van der Waals surface area contributed by atoms with Crippen LogP contribution < -0.4 is 10.0 Å². The smallest absolute Gasteiger partial charge is 0.240 e. The number of benzene rings is 1. The summed E-state index contributed by atoms with van der Waals surface area (Å²) in [5.74, 6) is -0.424. The van der Waals surface area contributed by atoms with Crippen LogP contribution in [0.5, 0.6) is 0 Å². The van der Waals surface area contributed by atoms with Crippen molar-refractivity contribution in [2.75, 3.05) is 13.7 Å². The first-order valence-corrected chi connectivity index (χ1v) is 8.27. The number of rotatable bonds is 8. The molecular formula is C14H23FN2O3S. The molecule has 0 saturated heterocycles. The van der Waals surface area contributed by atoms with E-state index in [-0.39, 0.29) is 30.1 Å². The van der Waals surface area contributed by atoms with Gasteiger partial charge in [0.1, 0.15) is 5.82 Å². The number of nitrogens with one attached hydrogen (secondary N) is 2. The summed E-state index contributed by atoms with van der Waals surface area (Å²) in [5.41, 5.74) is 0.325. The summed E-state index contributed by atoms with van der Waals surface area (Å²) in [6.45, 7) is 6.12. The predicted molar refractivity (Wildman–Crippen MR) is 80.0 cm³/mol. The molecule has 2 N–H and O–H groups in total. The van der Waals surface area contributed by atoms with Crippen molar-refractivity contribution in [1.82, 2.24) is 10.0 Å². The lowest BCUT2D eigenvalue weighted by Crippen LogP contribution is -2.35. The lowest BCUT2D eigenvalue weighted by molar-refractivity contribution is 0.180. The van der Waals surface area contributed by atoms with Gasteiger partial charge in [-0.1, -0.05) is 13.8 Å². The van der Waals surface area contributed by atoms with Crippen LogP contribution in [0.2, 0.25) is 0 Å². The van der Waals surface area contributed by atoms with Gasteiger partial charge in [0.15, 0.2) is 0 Å². The minimum atomic E-state index is -3.68. The van der Waals surface area contributed by atoms with Gasteiger partial charge in [0, 0.05) is 31.3 Å². The number of halogens is 1. The summed E-state index contributed by atoms with van der Waals surface area (Å²) >= 11 is 0. The number of methoxy groups -OCH3 is 1. The molecule has 1 aromatic rings. The van der Waals surface area contributed by atoms with Crippen molar-refractivity contribution in [3.63, 3.8) is 0 Å². The lowest BCUT2D eigenvalue weighted by atomic mass is 10.2. The second kappa shape index (κ2) is 7.84. The standard InChI is InChI=1S/C14H23FN2O3S/c1-10(2)16-8-12-7-13(5-6-14(12)15)21(18,19)17-11(3)9-20-4/h5-7,10-11,16-17H,8-9H2,1-4H3. The molecule has 5 nitrogen and oxygen atoms in total. The SMILES string of the molecule is COCC(C)NS(=O)(=O)c1ccc(F)c(CNC(C)C)c1. The Bertz CT molecular complexity index is 561. The Morgan fingerprint density at radius 3 is 2.52 bits per heavy atom. The van der Waals surface area contributed by atoms with E-state index in [1.54, 1.807) is 6.92 Å². The van der Waals surface area contributed by atoms with E-state index >= 15 is 0 Å². The Labute approximate surface area is 125 Å². The third-order valence-corrected chi connectivity index (χ3v) is 4.39. The summed E-state index contributed by atoms with van der Waals surface area (Å²) in [7, 11) is -2.19. The molecule has 0 aromatic heterocycles. The molecule has 0 radical (unpaired) electrons. The summed E-state index contributed by atoms with van der Waals surface area (Å²) in [5, 5.41) is 3.07. The van der Waals surface area contributed by atoms with Gasteiger partial charge >= 0.3 is 0 Å². The van der Waals surface area contributed by atoms with Crippen molar-refractivity contribution >= 4 is 10.0 Å². The van der Waals surface area contributed by atoms with Crippen LogP contribution in [-0.2, 0) is 21.3 Å². The van der Waals surface area contributed by atoms with Gasteiger partial charge in [0.25, 0.3) is 0 Å². The van der Waals surface area contributed by atoms with Crippen LogP contribution in [0.25, 0.3) is 0 Å². The van der Waals surface area contributed by atoms with Crippen molar-refractivity contribution in [1.29, 1.82) is 0 Å². The van der Waals surface area contributed by atoms with E-state index in [4.69, 9.17) is 4.74 Å². The first-order valence-electron chi connectivity index (χ1n) is 6.79. The van der Waals surface area contributed by atoms with Crippen LogP contribution in [0, 0.1) is 5.82 Å². The van der Waals surface area contributed by atoms with Gasteiger partial charge in [-0.3, -0.25) is 0 Å². The second-order valence-electron chi connectivity index (χ2n) is 5.27. The average molecular weight is 318 g/mol. The number of hydrogen-bond acceptors (Lipinski definition) is 4. The molecule has 0 aliphatic heterocycles. The zero-order chi connectivity index (χ0) is 16.0. The molecule has 0 fully saturated rings. The van der Waals surface area contributed by atoms with E-state index in [9.17, 15) is 12.8 Å². The van der Waals surface area contributed by atoms with Gasteiger partial charge in [-0.2, -0.15) is 0 Å². The highest BCUT2D eigenvalue weighted by Gasteiger charge is 2.19. The Hall–Kier alpha value is -1.02. The van der Waals surface area contributed by atoms with Gasteiger partial charge in [-0.05, 0) is 25.1 Å². The first kappa shape index (κ1) is 18.0. The molecule has 7 heteroatoms. The molecule has 0 aliphatic rings. The molecule has 0 saturated carbocycles. The van der Waals surface area contributed by atoms with Crippen molar-refractivity contribution in [3.8, 4) is 0 Å². The fourth-order valence-corrected chi connectivity index (χ4v) is 3.06. The molecule has 0 amide bonds. The highest BCUT2D eigenvalue weighted by atomic mass is 32.2. The highest BCUT2D eigenvalue weighted by Crippen LogP contribution is 2.15. The summed E-state index contributed by atoms with van der Waals surface area (Å²) in [6, 6.07) is 3.61. The van der Waals surface area contributed by atoms with Crippen LogP contribution in [0.1, 0.15) is 26.3 Å². The number of hydrogen-bond donors (Lipinski definition) is 2. The third-order valence-electron chi connectivity index (χ3n) is 2.80. The van der Waals surface area contributed by atoms with Crippen molar-refractivity contribution in [2.24, 2.45) is 0 Å². The van der Waals surface area contributed by atoms with E-state index in [0.717, 1.165) is 0 Å². The molecule has 1 rings (SSSR count). The monoisotopic (exact) mass is 318 g/mol. The van der Waals surface area contributed by atoms with Gasteiger partial charge in [0.05, 0.1) is 11.5 Å². The minimum Gasteiger partial charge on any atom is -0.383 e. The molecule has 0 aliphatic carbocycles. The topological polar surface area (TPSA) is 67.4 Å². The normalized spacial score (nSPS) is 13.6. The molecule has 1 unspecified atom stereocenters. The fourth-order valence-electron chi connectivity index (χ4n) is 1.78. The summed E-state index contributed by atoms with van der Waals surface area (Å²) < 4.78 is 45.5. The predicted octanol–water partition coefficient (Wildman–Crippen LogP) is 1.64. The van der Waals surface area contributed by atoms with Gasteiger partial charge < -0.3 is 10.1 Å². The van der Waals surface area contributed by atoms with Gasteiger partial charge in [-0.15, -0.1) is 0 Å². The largest absolute Gasteiger partial charge is 0.383 e. The van der Waals surface area contributed by atoms with E-state index in [1.165, 1.54) is 25.3 Å². The highest BCUT2D eigenvalue weighted by molar-refractivity contribution is 7.89. The van der Waals surface area contributed by atoms with E-state index in [1.807, 2.05) is 13.8 Å². The minimum absolute atomic E-state index is 0.0485.